The van der Waals surface area contributed by atoms with Crippen molar-refractivity contribution in [2.75, 3.05) is 6.61 Å². The van der Waals surface area contributed by atoms with E-state index in [4.69, 9.17) is 14.2 Å². The molecule has 0 fully saturated rings. The molecule has 2 atom stereocenters. The number of hydrogen-bond acceptors (Lipinski definition) is 4. The minimum absolute atomic E-state index is 0.136. The Morgan fingerprint density at radius 3 is 2.30 bits per heavy atom. The van der Waals surface area contributed by atoms with Gasteiger partial charge in [0, 0.05) is 0 Å². The first-order chi connectivity index (χ1) is 9.20. The SMILES string of the molecule is Cc1ccc(OC(=O)C(CO[PH](=O)O)C(C)(C)C)cc1. The molecule has 0 aliphatic rings. The average Bonchev–Trinajstić information content (AvgIpc) is 2.30. The van der Waals surface area contributed by atoms with E-state index in [1.54, 1.807) is 12.1 Å². The Labute approximate surface area is 119 Å². The summed E-state index contributed by atoms with van der Waals surface area (Å²) in [4.78, 5) is 20.9. The van der Waals surface area contributed by atoms with Crippen molar-refractivity contribution in [2.45, 2.75) is 27.7 Å². The lowest BCUT2D eigenvalue weighted by Gasteiger charge is -2.28. The van der Waals surface area contributed by atoms with Crippen LogP contribution in [0.5, 0.6) is 5.75 Å². The Balaban J connectivity index is 2.77. The predicted octanol–water partition coefficient (Wildman–Crippen LogP) is 2.96. The molecule has 1 N–H and O–H groups in total. The number of benzene rings is 1. The molecular formula is C14H21O5P. The van der Waals surface area contributed by atoms with Crippen molar-refractivity contribution >= 4 is 14.2 Å². The van der Waals surface area contributed by atoms with Crippen molar-refractivity contribution < 1.29 is 23.5 Å². The Hall–Kier alpha value is -1.16. The van der Waals surface area contributed by atoms with Gasteiger partial charge in [-0.3, -0.25) is 9.36 Å². The molecule has 1 aromatic carbocycles. The van der Waals surface area contributed by atoms with Crippen LogP contribution in [0.4, 0.5) is 0 Å². The molecule has 2 unspecified atom stereocenters. The third-order valence-electron chi connectivity index (χ3n) is 2.94. The zero-order chi connectivity index (χ0) is 15.3. The molecule has 1 aromatic rings. The van der Waals surface area contributed by atoms with E-state index in [1.165, 1.54) is 0 Å². The molecule has 0 aliphatic carbocycles. The Morgan fingerprint density at radius 1 is 1.30 bits per heavy atom. The number of ether oxygens (including phenoxy) is 1. The Bertz CT molecular complexity index is 475. The van der Waals surface area contributed by atoms with Gasteiger partial charge in [0.25, 0.3) is 0 Å². The maximum Gasteiger partial charge on any atom is 0.317 e. The molecule has 6 heteroatoms. The lowest BCUT2D eigenvalue weighted by atomic mass is 9.81. The number of rotatable bonds is 5. The van der Waals surface area contributed by atoms with Crippen molar-refractivity contribution in [1.29, 1.82) is 0 Å². The lowest BCUT2D eigenvalue weighted by Crippen LogP contribution is -2.35. The predicted molar refractivity (Wildman–Crippen MR) is 76.9 cm³/mol. The number of aryl methyl sites for hydroxylation is 1. The fourth-order valence-corrected chi connectivity index (χ4v) is 1.93. The standard InChI is InChI=1S/C14H21O5P/c1-10-5-7-11(8-6-10)19-13(15)12(14(2,3)4)9-18-20(16)17/h5-8,12,20H,9H2,1-4H3,(H,16,17). The minimum atomic E-state index is -3.06. The first kappa shape index (κ1) is 16.9. The van der Waals surface area contributed by atoms with Crippen LogP contribution in [-0.2, 0) is 13.9 Å². The fraction of sp³-hybridized carbons (Fsp3) is 0.500. The summed E-state index contributed by atoms with van der Waals surface area (Å²) in [6, 6.07) is 7.11. The summed E-state index contributed by atoms with van der Waals surface area (Å²) in [5.74, 6) is -0.638. The van der Waals surface area contributed by atoms with Crippen molar-refractivity contribution in [3.8, 4) is 5.75 Å². The molecule has 0 spiro atoms. The van der Waals surface area contributed by atoms with Gasteiger partial charge in [-0.25, -0.2) is 0 Å². The molecule has 0 aliphatic heterocycles. The molecule has 0 heterocycles. The third kappa shape index (κ3) is 5.45. The van der Waals surface area contributed by atoms with Crippen LogP contribution in [0.2, 0.25) is 0 Å². The van der Waals surface area contributed by atoms with Crippen LogP contribution >= 0.6 is 8.25 Å². The molecule has 20 heavy (non-hydrogen) atoms. The second-order valence-electron chi connectivity index (χ2n) is 5.73. The second-order valence-corrected chi connectivity index (χ2v) is 6.55. The zero-order valence-electron chi connectivity index (χ0n) is 12.2. The highest BCUT2D eigenvalue weighted by Gasteiger charge is 2.33. The highest BCUT2D eigenvalue weighted by molar-refractivity contribution is 7.32. The van der Waals surface area contributed by atoms with Gasteiger partial charge in [0.15, 0.2) is 0 Å². The fourth-order valence-electron chi connectivity index (χ4n) is 1.62. The van der Waals surface area contributed by atoms with Crippen LogP contribution in [0.3, 0.4) is 0 Å². The van der Waals surface area contributed by atoms with Crippen molar-refractivity contribution in [3.05, 3.63) is 29.8 Å². The van der Waals surface area contributed by atoms with E-state index in [0.717, 1.165) is 5.56 Å². The van der Waals surface area contributed by atoms with Gasteiger partial charge in [0.1, 0.15) is 5.75 Å². The van der Waals surface area contributed by atoms with Gasteiger partial charge in [-0.15, -0.1) is 0 Å². The first-order valence-electron chi connectivity index (χ1n) is 6.34. The van der Waals surface area contributed by atoms with Crippen LogP contribution in [-0.4, -0.2) is 17.5 Å². The summed E-state index contributed by atoms with van der Waals surface area (Å²) < 4.78 is 20.7. The van der Waals surface area contributed by atoms with Crippen molar-refractivity contribution in [1.82, 2.24) is 0 Å². The van der Waals surface area contributed by atoms with E-state index in [0.29, 0.717) is 5.75 Å². The molecule has 0 bridgehead atoms. The largest absolute Gasteiger partial charge is 0.426 e. The molecule has 0 saturated carbocycles. The summed E-state index contributed by atoms with van der Waals surface area (Å²) in [5.41, 5.74) is 0.637. The molecular weight excluding hydrogens is 279 g/mol. The van der Waals surface area contributed by atoms with E-state index in [2.05, 4.69) is 0 Å². The molecule has 0 saturated heterocycles. The molecule has 0 aromatic heterocycles. The normalized spacial score (nSPS) is 14.7. The Kier molecular flexibility index (Phi) is 5.93. The quantitative estimate of drug-likeness (QED) is 0.514. The van der Waals surface area contributed by atoms with Crippen molar-refractivity contribution in [3.63, 3.8) is 0 Å². The number of carbonyl (C=O) groups is 1. The van der Waals surface area contributed by atoms with Crippen molar-refractivity contribution in [2.24, 2.45) is 11.3 Å². The van der Waals surface area contributed by atoms with Crippen LogP contribution in [0, 0.1) is 18.3 Å². The van der Waals surface area contributed by atoms with E-state index in [-0.39, 0.29) is 6.61 Å². The summed E-state index contributed by atoms with van der Waals surface area (Å²) >= 11 is 0. The molecule has 0 radical (unpaired) electrons. The number of hydrogen-bond donors (Lipinski definition) is 1. The summed E-state index contributed by atoms with van der Waals surface area (Å²) in [6.07, 6.45) is 0. The zero-order valence-corrected chi connectivity index (χ0v) is 13.2. The molecule has 0 amide bonds. The average molecular weight is 300 g/mol. The van der Waals surface area contributed by atoms with E-state index in [1.807, 2.05) is 39.8 Å². The summed E-state index contributed by atoms with van der Waals surface area (Å²) in [5, 5.41) is 0. The highest BCUT2D eigenvalue weighted by atomic mass is 31.1. The van der Waals surface area contributed by atoms with Gasteiger partial charge < -0.3 is 14.2 Å². The van der Waals surface area contributed by atoms with Crippen LogP contribution < -0.4 is 4.74 Å². The second kappa shape index (κ2) is 7.02. The van der Waals surface area contributed by atoms with E-state index >= 15 is 0 Å². The van der Waals surface area contributed by atoms with Gasteiger partial charge in [0.2, 0.25) is 0 Å². The van der Waals surface area contributed by atoms with Gasteiger partial charge in [-0.1, -0.05) is 38.5 Å². The summed E-state index contributed by atoms with van der Waals surface area (Å²) in [7, 11) is -3.06. The lowest BCUT2D eigenvalue weighted by molar-refractivity contribution is -0.144. The van der Waals surface area contributed by atoms with E-state index in [9.17, 15) is 9.36 Å². The summed E-state index contributed by atoms with van der Waals surface area (Å²) in [6.45, 7) is 7.36. The van der Waals surface area contributed by atoms with Crippen LogP contribution in [0.1, 0.15) is 26.3 Å². The first-order valence-corrected chi connectivity index (χ1v) is 7.60. The Morgan fingerprint density at radius 2 is 1.85 bits per heavy atom. The monoisotopic (exact) mass is 300 g/mol. The minimum Gasteiger partial charge on any atom is -0.426 e. The van der Waals surface area contributed by atoms with Gasteiger partial charge in [0.05, 0.1) is 12.5 Å². The van der Waals surface area contributed by atoms with Gasteiger partial charge in [-0.05, 0) is 24.5 Å². The molecule has 1 rings (SSSR count). The number of esters is 1. The van der Waals surface area contributed by atoms with E-state index < -0.39 is 25.6 Å². The van der Waals surface area contributed by atoms with Gasteiger partial charge >= 0.3 is 14.2 Å². The number of carbonyl (C=O) groups excluding carboxylic acids is 1. The maximum absolute atomic E-state index is 12.2. The van der Waals surface area contributed by atoms with Crippen LogP contribution in [0.25, 0.3) is 0 Å². The molecule has 112 valence electrons. The molecule has 5 nitrogen and oxygen atoms in total. The van der Waals surface area contributed by atoms with Crippen LogP contribution in [0.15, 0.2) is 24.3 Å². The smallest absolute Gasteiger partial charge is 0.317 e. The third-order valence-corrected chi connectivity index (χ3v) is 3.36. The maximum atomic E-state index is 12.2. The topological polar surface area (TPSA) is 72.8 Å². The van der Waals surface area contributed by atoms with Gasteiger partial charge in [-0.2, -0.15) is 0 Å². The highest BCUT2D eigenvalue weighted by Crippen LogP contribution is 2.30.